The third kappa shape index (κ3) is 4.42. The van der Waals surface area contributed by atoms with E-state index >= 15 is 0 Å². The van der Waals surface area contributed by atoms with Crippen molar-refractivity contribution in [3.8, 4) is 0 Å². The van der Waals surface area contributed by atoms with Crippen LogP contribution in [-0.2, 0) is 29.1 Å². The number of aromatic nitrogens is 2. The van der Waals surface area contributed by atoms with Gasteiger partial charge in [0, 0.05) is 17.0 Å². The zero-order valence-electron chi connectivity index (χ0n) is 18.3. The van der Waals surface area contributed by atoms with Crippen LogP contribution < -0.4 is 10.9 Å². The maximum Gasteiger partial charge on any atom is 0.263 e. The number of aryl methyl sites for hydroxylation is 1. The van der Waals surface area contributed by atoms with Gasteiger partial charge in [-0.25, -0.2) is 4.98 Å². The van der Waals surface area contributed by atoms with Crippen molar-refractivity contribution in [3.63, 3.8) is 0 Å². The van der Waals surface area contributed by atoms with Crippen LogP contribution in [0.1, 0.15) is 43.2 Å². The second-order valence-corrected chi connectivity index (χ2v) is 10.4. The van der Waals surface area contributed by atoms with Crippen molar-refractivity contribution in [2.45, 2.75) is 64.4 Å². The monoisotopic (exact) mass is 457 g/mol. The number of ether oxygens (including phenoxy) is 1. The predicted octanol–water partition coefficient (Wildman–Crippen LogP) is 4.76. The lowest BCUT2D eigenvalue weighted by Gasteiger charge is -2.32. The third-order valence-corrected chi connectivity index (χ3v) is 7.68. The van der Waals surface area contributed by atoms with Crippen LogP contribution in [0.2, 0.25) is 0 Å². The number of rotatable bonds is 6. The quantitative estimate of drug-likeness (QED) is 0.427. The van der Waals surface area contributed by atoms with Gasteiger partial charge in [-0.3, -0.25) is 14.2 Å². The van der Waals surface area contributed by atoms with Crippen molar-refractivity contribution in [2.75, 3.05) is 11.1 Å². The van der Waals surface area contributed by atoms with Crippen LogP contribution in [-0.4, -0.2) is 26.8 Å². The highest BCUT2D eigenvalue weighted by Crippen LogP contribution is 2.38. The van der Waals surface area contributed by atoms with E-state index in [-0.39, 0.29) is 23.6 Å². The van der Waals surface area contributed by atoms with E-state index in [9.17, 15) is 9.59 Å². The first kappa shape index (κ1) is 22.0. The van der Waals surface area contributed by atoms with Crippen LogP contribution >= 0.6 is 23.1 Å². The largest absolute Gasteiger partial charge is 0.369 e. The normalized spacial score (nSPS) is 18.2. The maximum absolute atomic E-state index is 13.6. The lowest BCUT2D eigenvalue weighted by Crippen LogP contribution is -2.35. The number of thiophene rings is 1. The maximum atomic E-state index is 13.6. The van der Waals surface area contributed by atoms with E-state index in [0.29, 0.717) is 29.3 Å². The van der Waals surface area contributed by atoms with Crippen molar-refractivity contribution in [2.24, 2.45) is 0 Å². The van der Waals surface area contributed by atoms with E-state index in [4.69, 9.17) is 9.72 Å². The number of carbonyl (C=O) groups excluding carboxylic acids is 1. The first-order chi connectivity index (χ1) is 14.8. The lowest BCUT2D eigenvalue weighted by molar-refractivity contribution is -0.116. The topological polar surface area (TPSA) is 73.2 Å². The van der Waals surface area contributed by atoms with Gasteiger partial charge in [-0.1, -0.05) is 43.3 Å². The minimum atomic E-state index is -0.280. The summed E-state index contributed by atoms with van der Waals surface area (Å²) >= 11 is 3.01. The standard InChI is InChI=1S/C23H27N3O3S2/c1-5-23(4)11-16-17(13-29-23)31-20-19(16)21(28)26(22(25-20)30-6-2)12-18(27)24-15-9-7-14(3)8-10-15/h7-10H,5-6,11-13H2,1-4H3,(H,24,27). The fraction of sp³-hybridized carbons (Fsp3) is 0.435. The summed E-state index contributed by atoms with van der Waals surface area (Å²) in [6.45, 7) is 8.63. The molecule has 2 aromatic heterocycles. The fourth-order valence-corrected chi connectivity index (χ4v) is 5.59. The van der Waals surface area contributed by atoms with Crippen molar-refractivity contribution in [3.05, 3.63) is 50.6 Å². The average Bonchev–Trinajstić information content (AvgIpc) is 3.10. The molecule has 0 fully saturated rings. The Balaban J connectivity index is 1.73. The molecule has 1 aliphatic heterocycles. The highest BCUT2D eigenvalue weighted by molar-refractivity contribution is 7.99. The fourth-order valence-electron chi connectivity index (χ4n) is 3.72. The molecule has 0 radical (unpaired) electrons. The number of fused-ring (bicyclic) bond motifs is 3. The molecule has 1 aromatic carbocycles. The zero-order valence-corrected chi connectivity index (χ0v) is 19.9. The van der Waals surface area contributed by atoms with E-state index in [1.54, 1.807) is 0 Å². The molecule has 0 aliphatic carbocycles. The second kappa shape index (κ2) is 8.76. The lowest BCUT2D eigenvalue weighted by atomic mass is 9.90. The van der Waals surface area contributed by atoms with Gasteiger partial charge in [0.15, 0.2) is 5.16 Å². The van der Waals surface area contributed by atoms with E-state index < -0.39 is 0 Å². The molecule has 0 saturated heterocycles. The molecule has 0 spiro atoms. The number of hydrogen-bond acceptors (Lipinski definition) is 6. The molecule has 8 heteroatoms. The first-order valence-corrected chi connectivity index (χ1v) is 12.3. The van der Waals surface area contributed by atoms with Crippen molar-refractivity contribution in [1.29, 1.82) is 0 Å². The molecule has 0 saturated carbocycles. The Morgan fingerprint density at radius 2 is 2.06 bits per heavy atom. The number of carbonyl (C=O) groups is 1. The summed E-state index contributed by atoms with van der Waals surface area (Å²) in [5, 5.41) is 4.11. The summed E-state index contributed by atoms with van der Waals surface area (Å²) in [6.07, 6.45) is 1.56. The highest BCUT2D eigenvalue weighted by Gasteiger charge is 2.33. The number of thioether (sulfide) groups is 1. The summed E-state index contributed by atoms with van der Waals surface area (Å²) < 4.78 is 7.58. The average molecular weight is 458 g/mol. The molecule has 1 N–H and O–H groups in total. The van der Waals surface area contributed by atoms with Crippen LogP contribution in [0.5, 0.6) is 0 Å². The van der Waals surface area contributed by atoms with Crippen LogP contribution in [0, 0.1) is 6.92 Å². The van der Waals surface area contributed by atoms with Gasteiger partial charge in [-0.15, -0.1) is 11.3 Å². The summed E-state index contributed by atoms with van der Waals surface area (Å²) in [6, 6.07) is 7.61. The molecule has 1 aliphatic rings. The molecule has 4 rings (SSSR count). The molecule has 0 bridgehead atoms. The molecule has 1 unspecified atom stereocenters. The minimum absolute atomic E-state index is 0.0653. The highest BCUT2D eigenvalue weighted by atomic mass is 32.2. The van der Waals surface area contributed by atoms with Gasteiger partial charge in [0.25, 0.3) is 5.56 Å². The van der Waals surface area contributed by atoms with Crippen LogP contribution in [0.3, 0.4) is 0 Å². The number of benzene rings is 1. The number of anilines is 1. The summed E-state index contributed by atoms with van der Waals surface area (Å²) in [7, 11) is 0. The Kier molecular flexibility index (Phi) is 6.23. The minimum Gasteiger partial charge on any atom is -0.369 e. The van der Waals surface area contributed by atoms with Crippen LogP contribution in [0.4, 0.5) is 5.69 Å². The SMILES string of the molecule is CCSc1nc2sc3c(c2c(=O)n1CC(=O)Nc1ccc(C)cc1)CC(C)(CC)OC3. The van der Waals surface area contributed by atoms with Gasteiger partial charge in [0.05, 0.1) is 17.6 Å². The first-order valence-electron chi connectivity index (χ1n) is 10.5. The summed E-state index contributed by atoms with van der Waals surface area (Å²) in [4.78, 5) is 32.9. The molecule has 164 valence electrons. The van der Waals surface area contributed by atoms with Crippen molar-refractivity contribution < 1.29 is 9.53 Å². The van der Waals surface area contributed by atoms with Gasteiger partial charge < -0.3 is 10.1 Å². The van der Waals surface area contributed by atoms with E-state index in [1.165, 1.54) is 27.7 Å². The zero-order chi connectivity index (χ0) is 22.2. The van der Waals surface area contributed by atoms with Gasteiger partial charge in [-0.2, -0.15) is 0 Å². The van der Waals surface area contributed by atoms with E-state index in [2.05, 4.69) is 19.2 Å². The molecule has 3 aromatic rings. The molecule has 1 amide bonds. The van der Waals surface area contributed by atoms with Crippen LogP contribution in [0.25, 0.3) is 10.2 Å². The molecular formula is C23H27N3O3S2. The molecule has 6 nitrogen and oxygen atoms in total. The van der Waals surface area contributed by atoms with Crippen LogP contribution in [0.15, 0.2) is 34.2 Å². The van der Waals surface area contributed by atoms with E-state index in [0.717, 1.165) is 33.0 Å². The molecule has 1 atom stereocenters. The van der Waals surface area contributed by atoms with E-state index in [1.807, 2.05) is 38.1 Å². The summed E-state index contributed by atoms with van der Waals surface area (Å²) in [5.41, 5.74) is 2.45. The smallest absolute Gasteiger partial charge is 0.263 e. The molecule has 3 heterocycles. The number of nitrogens with zero attached hydrogens (tertiary/aromatic N) is 2. The Labute approximate surface area is 190 Å². The van der Waals surface area contributed by atoms with Gasteiger partial charge in [0.2, 0.25) is 5.91 Å². The van der Waals surface area contributed by atoms with Gasteiger partial charge in [-0.05, 0) is 43.7 Å². The van der Waals surface area contributed by atoms with Gasteiger partial charge in [0.1, 0.15) is 11.4 Å². The molecule has 31 heavy (non-hydrogen) atoms. The number of nitrogens with one attached hydrogen (secondary N) is 1. The Hall–Kier alpha value is -2.16. The Morgan fingerprint density at radius 1 is 1.32 bits per heavy atom. The molecular weight excluding hydrogens is 430 g/mol. The Morgan fingerprint density at radius 3 is 2.74 bits per heavy atom. The Bertz CT molecular complexity index is 1180. The van der Waals surface area contributed by atoms with Gasteiger partial charge >= 0.3 is 0 Å². The number of amides is 1. The summed E-state index contributed by atoms with van der Waals surface area (Å²) in [5.74, 6) is 0.524. The third-order valence-electron chi connectivity index (χ3n) is 5.72. The second-order valence-electron chi connectivity index (χ2n) is 8.09. The number of hydrogen-bond donors (Lipinski definition) is 1. The van der Waals surface area contributed by atoms with Crippen molar-refractivity contribution in [1.82, 2.24) is 9.55 Å². The van der Waals surface area contributed by atoms with Crippen molar-refractivity contribution >= 4 is 44.9 Å². The predicted molar refractivity (Wildman–Crippen MR) is 127 cm³/mol.